The molecule has 0 radical (unpaired) electrons. The Bertz CT molecular complexity index is 668. The molecule has 1 aromatic heterocycles. The minimum absolute atomic E-state index is 0.584. The van der Waals surface area contributed by atoms with E-state index in [0.717, 1.165) is 12.4 Å². The average molecular weight is 320 g/mol. The van der Waals surface area contributed by atoms with Crippen LogP contribution in [0.1, 0.15) is 0 Å². The molecule has 1 heterocycles. The summed E-state index contributed by atoms with van der Waals surface area (Å²) in [6.45, 7) is 0. The van der Waals surface area contributed by atoms with Crippen LogP contribution in [-0.2, 0) is 39.0 Å². The molecule has 14 heteroatoms. The molecule has 0 N–H and O–H groups in total. The molecule has 0 bridgehead atoms. The lowest BCUT2D eigenvalue weighted by Gasteiger charge is -2.03. The van der Waals surface area contributed by atoms with Gasteiger partial charge in [0, 0.05) is 12.4 Å². The van der Waals surface area contributed by atoms with E-state index in [1.54, 1.807) is 0 Å². The number of thiol groups is 1. The zero-order valence-corrected chi connectivity index (χ0v) is 10.6. The summed E-state index contributed by atoms with van der Waals surface area (Å²) < 4.78 is 74.1. The predicted octanol–water partition coefficient (Wildman–Crippen LogP) is -2.10. The third-order valence-corrected chi connectivity index (χ3v) is 3.97. The summed E-state index contributed by atoms with van der Waals surface area (Å²) in [5, 5.41) is 0. The van der Waals surface area contributed by atoms with Gasteiger partial charge in [-0.25, -0.2) is 13.4 Å². The minimum Gasteiger partial charge on any atom is -0.338 e. The molecule has 0 saturated heterocycles. The van der Waals surface area contributed by atoms with E-state index in [1.165, 1.54) is 6.20 Å². The number of rotatable bonds is 6. The van der Waals surface area contributed by atoms with Crippen LogP contribution in [-0.4, -0.2) is 35.2 Å². The second-order valence-corrected chi connectivity index (χ2v) is 5.70. The lowest BCUT2D eigenvalue weighted by Crippen LogP contribution is -2.20. The van der Waals surface area contributed by atoms with Crippen LogP contribution in [0.3, 0.4) is 0 Å². The van der Waals surface area contributed by atoms with Crippen LogP contribution < -0.4 is 4.18 Å². The van der Waals surface area contributed by atoms with Crippen LogP contribution in [0, 0.1) is 0 Å². The largest absolute Gasteiger partial charge is 0.467 e. The topological polar surface area (TPSA) is 156 Å². The first-order valence-corrected chi connectivity index (χ1v) is 7.47. The molecular formula is C4H4N2O9S3. The first-order chi connectivity index (χ1) is 8.20. The van der Waals surface area contributed by atoms with Gasteiger partial charge in [-0.2, -0.15) is 16.8 Å². The first kappa shape index (κ1) is 14.7. The average Bonchev–Trinajstić information content (AvgIpc) is 2.13. The Morgan fingerprint density at radius 1 is 1.06 bits per heavy atom. The molecule has 0 aliphatic rings. The summed E-state index contributed by atoms with van der Waals surface area (Å²) in [5.41, 5.74) is 0. The molecule has 0 saturated carbocycles. The molecule has 0 amide bonds. The highest BCUT2D eigenvalue weighted by molar-refractivity contribution is 7.98. The molecule has 0 atom stereocenters. The summed E-state index contributed by atoms with van der Waals surface area (Å²) in [5.74, 6) is -0.584. The Kier molecular flexibility index (Phi) is 4.52. The number of hydrogen-bond acceptors (Lipinski definition) is 11. The highest BCUT2D eigenvalue weighted by atomic mass is 32.3. The van der Waals surface area contributed by atoms with Crippen molar-refractivity contribution in [2.75, 3.05) is 0 Å². The fourth-order valence-electron chi connectivity index (χ4n) is 0.636. The second-order valence-electron chi connectivity index (χ2n) is 2.31. The van der Waals surface area contributed by atoms with Crippen molar-refractivity contribution < 1.29 is 36.7 Å². The monoisotopic (exact) mass is 320 g/mol. The van der Waals surface area contributed by atoms with Gasteiger partial charge in [-0.1, -0.05) is 3.63 Å². The fraction of sp³-hybridized carbons (Fsp3) is 0. The molecule has 0 unspecified atom stereocenters. The SMILES string of the molecule is O=[SH](=O)OS(=O)(=O)OS(=O)(=O)Oc1cnccn1. The van der Waals surface area contributed by atoms with Crippen molar-refractivity contribution in [1.82, 2.24) is 9.97 Å². The molecule has 1 rings (SSSR count). The summed E-state index contributed by atoms with van der Waals surface area (Å²) in [7, 11) is -14.3. The van der Waals surface area contributed by atoms with Gasteiger partial charge in [-0.05, 0) is 0 Å². The van der Waals surface area contributed by atoms with Gasteiger partial charge >= 0.3 is 20.8 Å². The van der Waals surface area contributed by atoms with E-state index in [1.807, 2.05) is 0 Å². The Hall–Kier alpha value is -1.35. The number of aromatic nitrogens is 2. The van der Waals surface area contributed by atoms with Crippen LogP contribution in [0.15, 0.2) is 18.6 Å². The van der Waals surface area contributed by atoms with E-state index in [-0.39, 0.29) is 0 Å². The maximum Gasteiger partial charge on any atom is 0.467 e. The third-order valence-electron chi connectivity index (χ3n) is 1.05. The molecular weight excluding hydrogens is 316 g/mol. The third kappa shape index (κ3) is 5.32. The van der Waals surface area contributed by atoms with Crippen LogP contribution in [0.4, 0.5) is 0 Å². The Morgan fingerprint density at radius 3 is 2.22 bits per heavy atom. The van der Waals surface area contributed by atoms with Crippen molar-refractivity contribution in [3.05, 3.63) is 18.6 Å². The molecule has 0 fully saturated rings. The van der Waals surface area contributed by atoms with E-state index in [0.29, 0.717) is 0 Å². The molecule has 0 spiro atoms. The smallest absolute Gasteiger partial charge is 0.338 e. The Morgan fingerprint density at radius 2 is 1.72 bits per heavy atom. The van der Waals surface area contributed by atoms with Gasteiger partial charge in [0.05, 0.1) is 6.20 Å². The van der Waals surface area contributed by atoms with E-state index in [4.69, 9.17) is 0 Å². The highest BCUT2D eigenvalue weighted by Gasteiger charge is 2.27. The lowest BCUT2D eigenvalue weighted by molar-refractivity contribution is 0.351. The summed E-state index contributed by atoms with van der Waals surface area (Å²) in [6.07, 6.45) is 3.11. The highest BCUT2D eigenvalue weighted by Crippen LogP contribution is 2.10. The number of hydrogen-bond donors (Lipinski definition) is 1. The molecule has 102 valence electrons. The number of nitrogens with zero attached hydrogens (tertiary/aromatic N) is 2. The summed E-state index contributed by atoms with van der Waals surface area (Å²) in [6, 6.07) is 0. The van der Waals surface area contributed by atoms with E-state index in [2.05, 4.69) is 21.4 Å². The van der Waals surface area contributed by atoms with Crippen molar-refractivity contribution in [2.45, 2.75) is 0 Å². The molecule has 0 aliphatic carbocycles. The minimum atomic E-state index is -5.32. The molecule has 0 aliphatic heterocycles. The van der Waals surface area contributed by atoms with Crippen LogP contribution in [0.5, 0.6) is 5.88 Å². The molecule has 0 aromatic carbocycles. The maximum atomic E-state index is 11.0. The van der Waals surface area contributed by atoms with Crippen LogP contribution in [0.2, 0.25) is 0 Å². The van der Waals surface area contributed by atoms with Gasteiger partial charge in [0.1, 0.15) is 0 Å². The first-order valence-electron chi connectivity index (χ1n) is 3.71. The van der Waals surface area contributed by atoms with Gasteiger partial charge in [0.15, 0.2) is 0 Å². The fourth-order valence-corrected chi connectivity index (χ4v) is 2.78. The van der Waals surface area contributed by atoms with Gasteiger partial charge < -0.3 is 4.18 Å². The Balaban J connectivity index is 2.84. The summed E-state index contributed by atoms with van der Waals surface area (Å²) in [4.78, 5) is 6.78. The maximum absolute atomic E-state index is 11.0. The van der Waals surface area contributed by atoms with Crippen molar-refractivity contribution in [2.24, 2.45) is 0 Å². The summed E-state index contributed by atoms with van der Waals surface area (Å²) >= 11 is 0. The quantitative estimate of drug-likeness (QED) is 0.573. The van der Waals surface area contributed by atoms with E-state index in [9.17, 15) is 25.3 Å². The molecule has 11 nitrogen and oxygen atoms in total. The van der Waals surface area contributed by atoms with Crippen molar-refractivity contribution in [3.8, 4) is 5.88 Å². The standard InChI is InChI=1S/C4H4N2O9S3/c7-16(8)14-18(11,12)15-17(9,10)13-4-3-5-1-2-6-4/h1-3,16H. The zero-order chi connectivity index (χ0) is 13.8. The van der Waals surface area contributed by atoms with Crippen LogP contribution in [0.25, 0.3) is 0 Å². The Labute approximate surface area is 103 Å². The van der Waals surface area contributed by atoms with E-state index >= 15 is 0 Å². The van der Waals surface area contributed by atoms with Gasteiger partial charge in [-0.3, -0.25) is 4.98 Å². The van der Waals surface area contributed by atoms with Crippen molar-refractivity contribution in [3.63, 3.8) is 0 Å². The van der Waals surface area contributed by atoms with E-state index < -0.39 is 37.7 Å². The van der Waals surface area contributed by atoms with Gasteiger partial charge in [0.2, 0.25) is 0 Å². The van der Waals surface area contributed by atoms with Gasteiger partial charge in [-0.15, -0.1) is 3.63 Å². The van der Waals surface area contributed by atoms with Crippen molar-refractivity contribution >= 4 is 31.8 Å². The second kappa shape index (κ2) is 5.53. The van der Waals surface area contributed by atoms with Gasteiger partial charge in [0.25, 0.3) is 16.9 Å². The van der Waals surface area contributed by atoms with Crippen LogP contribution >= 0.6 is 0 Å². The predicted molar refractivity (Wildman–Crippen MR) is 53.0 cm³/mol. The lowest BCUT2D eigenvalue weighted by atomic mass is 10.7. The zero-order valence-electron chi connectivity index (χ0n) is 8.06. The molecule has 18 heavy (non-hydrogen) atoms. The molecule has 1 aromatic rings. The van der Waals surface area contributed by atoms with Crippen molar-refractivity contribution in [1.29, 1.82) is 0 Å². The normalized spacial score (nSPS) is 12.5.